The minimum Gasteiger partial charge on any atom is -0.491 e. The van der Waals surface area contributed by atoms with Gasteiger partial charge in [-0.15, -0.1) is 0 Å². The summed E-state index contributed by atoms with van der Waals surface area (Å²) in [7, 11) is 0. The third kappa shape index (κ3) is 4.76. The molecule has 0 unspecified atom stereocenters. The molecule has 0 fully saturated rings. The average molecular weight is 220 g/mol. The molecule has 4 nitrogen and oxygen atoms in total. The van der Waals surface area contributed by atoms with Crippen LogP contribution in [-0.2, 0) is 4.74 Å². The molecule has 0 saturated heterocycles. The Morgan fingerprint density at radius 2 is 2.12 bits per heavy atom. The van der Waals surface area contributed by atoms with Crippen LogP contribution in [0, 0.1) is 11.3 Å². The highest BCUT2D eigenvalue weighted by Gasteiger charge is 2.09. The molecule has 1 aromatic rings. The van der Waals surface area contributed by atoms with Gasteiger partial charge in [0.25, 0.3) is 0 Å². The van der Waals surface area contributed by atoms with Crippen LogP contribution in [0.1, 0.15) is 26.5 Å². The Bertz CT molecular complexity index is 377. The SMILES string of the molecule is CC(C)(C)OCCOc1ccnc(C#N)c1. The molecule has 0 amide bonds. The fraction of sp³-hybridized carbons (Fsp3) is 0.500. The number of hydrogen-bond acceptors (Lipinski definition) is 4. The quantitative estimate of drug-likeness (QED) is 0.729. The fourth-order valence-corrected chi connectivity index (χ4v) is 1.07. The van der Waals surface area contributed by atoms with Gasteiger partial charge in [0.05, 0.1) is 12.2 Å². The molecule has 0 spiro atoms. The van der Waals surface area contributed by atoms with Crippen molar-refractivity contribution in [2.75, 3.05) is 13.2 Å². The monoisotopic (exact) mass is 220 g/mol. The number of rotatable bonds is 4. The van der Waals surface area contributed by atoms with Gasteiger partial charge in [-0.3, -0.25) is 0 Å². The number of hydrogen-bond donors (Lipinski definition) is 0. The molecule has 1 rings (SSSR count). The van der Waals surface area contributed by atoms with E-state index in [1.807, 2.05) is 26.8 Å². The number of ether oxygens (including phenoxy) is 2. The van der Waals surface area contributed by atoms with E-state index in [0.717, 1.165) is 0 Å². The van der Waals surface area contributed by atoms with Crippen molar-refractivity contribution in [2.45, 2.75) is 26.4 Å². The van der Waals surface area contributed by atoms with Crippen LogP contribution >= 0.6 is 0 Å². The van der Waals surface area contributed by atoms with Crippen LogP contribution in [0.3, 0.4) is 0 Å². The Hall–Kier alpha value is -1.60. The molecule has 0 atom stereocenters. The lowest BCUT2D eigenvalue weighted by Crippen LogP contribution is -2.22. The summed E-state index contributed by atoms with van der Waals surface area (Å²) in [6.45, 7) is 6.97. The average Bonchev–Trinajstić information content (AvgIpc) is 2.23. The molecule has 0 aromatic carbocycles. The highest BCUT2D eigenvalue weighted by Crippen LogP contribution is 2.11. The highest BCUT2D eigenvalue weighted by molar-refractivity contribution is 5.29. The first-order valence-electron chi connectivity index (χ1n) is 5.14. The van der Waals surface area contributed by atoms with E-state index in [9.17, 15) is 0 Å². The van der Waals surface area contributed by atoms with E-state index in [0.29, 0.717) is 24.7 Å². The van der Waals surface area contributed by atoms with Gasteiger partial charge in [0.15, 0.2) is 0 Å². The summed E-state index contributed by atoms with van der Waals surface area (Å²) in [5, 5.41) is 8.65. The van der Waals surface area contributed by atoms with Crippen LogP contribution in [-0.4, -0.2) is 23.8 Å². The molecule has 4 heteroatoms. The molecule has 0 bridgehead atoms. The van der Waals surface area contributed by atoms with E-state index >= 15 is 0 Å². The third-order valence-corrected chi connectivity index (χ3v) is 1.73. The van der Waals surface area contributed by atoms with E-state index in [1.165, 1.54) is 0 Å². The number of pyridine rings is 1. The van der Waals surface area contributed by atoms with E-state index in [-0.39, 0.29) is 5.60 Å². The van der Waals surface area contributed by atoms with Gasteiger partial charge in [-0.25, -0.2) is 4.98 Å². The van der Waals surface area contributed by atoms with Gasteiger partial charge in [0, 0.05) is 12.3 Å². The molecule has 0 aliphatic rings. The number of nitriles is 1. The van der Waals surface area contributed by atoms with Gasteiger partial charge < -0.3 is 9.47 Å². The Kier molecular flexibility index (Phi) is 4.27. The molecular formula is C12H16N2O2. The molecule has 0 N–H and O–H groups in total. The van der Waals surface area contributed by atoms with E-state index in [2.05, 4.69) is 4.98 Å². The maximum absolute atomic E-state index is 8.65. The molecule has 1 aromatic heterocycles. The summed E-state index contributed by atoms with van der Waals surface area (Å²) in [5.74, 6) is 0.643. The Labute approximate surface area is 95.8 Å². The highest BCUT2D eigenvalue weighted by atomic mass is 16.5. The van der Waals surface area contributed by atoms with Crippen molar-refractivity contribution in [3.8, 4) is 11.8 Å². The second kappa shape index (κ2) is 5.47. The topological polar surface area (TPSA) is 55.1 Å². The van der Waals surface area contributed by atoms with Gasteiger partial charge in [0.1, 0.15) is 24.1 Å². The maximum Gasteiger partial charge on any atom is 0.144 e. The molecule has 16 heavy (non-hydrogen) atoms. The molecule has 0 aliphatic carbocycles. The summed E-state index contributed by atoms with van der Waals surface area (Å²) in [4.78, 5) is 3.85. The van der Waals surface area contributed by atoms with Gasteiger partial charge in [0.2, 0.25) is 0 Å². The maximum atomic E-state index is 8.65. The van der Waals surface area contributed by atoms with E-state index in [4.69, 9.17) is 14.7 Å². The van der Waals surface area contributed by atoms with Crippen LogP contribution in [0.25, 0.3) is 0 Å². The molecular weight excluding hydrogens is 204 g/mol. The van der Waals surface area contributed by atoms with Gasteiger partial charge in [-0.1, -0.05) is 0 Å². The molecule has 1 heterocycles. The van der Waals surface area contributed by atoms with Crippen LogP contribution in [0.5, 0.6) is 5.75 Å². The van der Waals surface area contributed by atoms with E-state index < -0.39 is 0 Å². The number of nitrogens with zero attached hydrogens (tertiary/aromatic N) is 2. The Balaban J connectivity index is 2.35. The fourth-order valence-electron chi connectivity index (χ4n) is 1.07. The van der Waals surface area contributed by atoms with Crippen molar-refractivity contribution in [1.29, 1.82) is 5.26 Å². The first-order chi connectivity index (χ1) is 7.51. The number of aromatic nitrogens is 1. The second-order valence-corrected chi connectivity index (χ2v) is 4.30. The standard InChI is InChI=1S/C12H16N2O2/c1-12(2,3)16-7-6-15-11-4-5-14-10(8-11)9-13/h4-5,8H,6-7H2,1-3H3. The summed E-state index contributed by atoms with van der Waals surface area (Å²) in [6.07, 6.45) is 1.55. The normalized spacial score (nSPS) is 10.9. The zero-order valence-corrected chi connectivity index (χ0v) is 9.86. The summed E-state index contributed by atoms with van der Waals surface area (Å²) >= 11 is 0. The third-order valence-electron chi connectivity index (χ3n) is 1.73. The summed E-state index contributed by atoms with van der Waals surface area (Å²) in [6, 6.07) is 5.29. The smallest absolute Gasteiger partial charge is 0.144 e. The second-order valence-electron chi connectivity index (χ2n) is 4.30. The predicted octanol–water partition coefficient (Wildman–Crippen LogP) is 2.15. The minimum atomic E-state index is -0.153. The lowest BCUT2D eigenvalue weighted by molar-refractivity contribution is -0.0163. The van der Waals surface area contributed by atoms with Crippen molar-refractivity contribution >= 4 is 0 Å². The molecule has 0 aliphatic heterocycles. The van der Waals surface area contributed by atoms with Crippen LogP contribution in [0.4, 0.5) is 0 Å². The van der Waals surface area contributed by atoms with E-state index in [1.54, 1.807) is 18.3 Å². The van der Waals surface area contributed by atoms with Crippen molar-refractivity contribution in [3.63, 3.8) is 0 Å². The lowest BCUT2D eigenvalue weighted by Gasteiger charge is -2.19. The van der Waals surface area contributed by atoms with Gasteiger partial charge in [-0.05, 0) is 26.8 Å². The molecule has 86 valence electrons. The molecule has 0 radical (unpaired) electrons. The van der Waals surface area contributed by atoms with Crippen molar-refractivity contribution < 1.29 is 9.47 Å². The zero-order valence-electron chi connectivity index (χ0n) is 9.86. The van der Waals surface area contributed by atoms with Gasteiger partial charge >= 0.3 is 0 Å². The summed E-state index contributed by atoms with van der Waals surface area (Å²) in [5.41, 5.74) is 0.202. The predicted molar refractivity (Wildman–Crippen MR) is 60.2 cm³/mol. The summed E-state index contributed by atoms with van der Waals surface area (Å²) < 4.78 is 10.9. The van der Waals surface area contributed by atoms with Crippen LogP contribution in [0.2, 0.25) is 0 Å². The lowest BCUT2D eigenvalue weighted by atomic mass is 10.2. The zero-order chi connectivity index (χ0) is 12.0. The van der Waals surface area contributed by atoms with Crippen molar-refractivity contribution in [2.24, 2.45) is 0 Å². The van der Waals surface area contributed by atoms with Crippen molar-refractivity contribution in [1.82, 2.24) is 4.98 Å². The Morgan fingerprint density at radius 3 is 2.75 bits per heavy atom. The minimum absolute atomic E-state index is 0.153. The first kappa shape index (κ1) is 12.5. The van der Waals surface area contributed by atoms with Crippen LogP contribution < -0.4 is 4.74 Å². The Morgan fingerprint density at radius 1 is 1.38 bits per heavy atom. The van der Waals surface area contributed by atoms with Gasteiger partial charge in [-0.2, -0.15) is 5.26 Å². The van der Waals surface area contributed by atoms with Crippen molar-refractivity contribution in [3.05, 3.63) is 24.0 Å². The first-order valence-corrected chi connectivity index (χ1v) is 5.14. The molecule has 0 saturated carbocycles. The van der Waals surface area contributed by atoms with Crippen LogP contribution in [0.15, 0.2) is 18.3 Å². The largest absolute Gasteiger partial charge is 0.491 e.